The molecule has 4 rings (SSSR count). The average molecular weight is 388 g/mol. The number of ether oxygens (including phenoxy) is 3. The second kappa shape index (κ2) is 7.29. The van der Waals surface area contributed by atoms with Crippen molar-refractivity contribution in [1.29, 1.82) is 0 Å². The van der Waals surface area contributed by atoms with Gasteiger partial charge < -0.3 is 19.3 Å². The second-order valence-corrected chi connectivity index (χ2v) is 7.73. The molecule has 28 heavy (non-hydrogen) atoms. The summed E-state index contributed by atoms with van der Waals surface area (Å²) in [6, 6.07) is 10.3. The lowest BCUT2D eigenvalue weighted by molar-refractivity contribution is -0.175. The normalized spacial score (nSPS) is 31.0. The van der Waals surface area contributed by atoms with Gasteiger partial charge in [0.1, 0.15) is 6.10 Å². The number of nitrogens with zero attached hydrogens (tertiary/aromatic N) is 1. The molecule has 2 heterocycles. The van der Waals surface area contributed by atoms with E-state index in [2.05, 4.69) is 4.98 Å². The highest BCUT2D eigenvalue weighted by molar-refractivity contribution is 5.13. The molecule has 1 aromatic heterocycles. The molecule has 8 heteroatoms. The van der Waals surface area contributed by atoms with E-state index >= 15 is 0 Å². The van der Waals surface area contributed by atoms with Crippen molar-refractivity contribution < 1.29 is 19.3 Å². The molecule has 1 saturated heterocycles. The third-order valence-corrected chi connectivity index (χ3v) is 5.30. The van der Waals surface area contributed by atoms with Gasteiger partial charge in [-0.25, -0.2) is 4.79 Å². The predicted octanol–water partition coefficient (Wildman–Crippen LogP) is 0.805. The maximum Gasteiger partial charge on any atom is 0.328 e. The van der Waals surface area contributed by atoms with E-state index in [1.165, 1.54) is 16.8 Å². The number of fused-ring (bicyclic) bond motifs is 1. The standard InChI is InChI=1S/C20H24N2O6/c1-20(2)27-17-13(11-26-10-12-6-4-3-5-7-12)16(24)15(18(17)28-20)22-9-8-14(23)21-19(22)25/h3-9,13,15-18,24H,10-11H2,1-2H3,(H,21,23,25). The zero-order chi connectivity index (χ0) is 19.9. The van der Waals surface area contributed by atoms with Crippen molar-refractivity contribution in [2.45, 2.75) is 50.6 Å². The van der Waals surface area contributed by atoms with Crippen LogP contribution in [-0.4, -0.2) is 45.4 Å². The van der Waals surface area contributed by atoms with E-state index in [0.717, 1.165) is 5.56 Å². The number of aromatic nitrogens is 2. The van der Waals surface area contributed by atoms with Gasteiger partial charge in [0.05, 0.1) is 31.5 Å². The van der Waals surface area contributed by atoms with Crippen molar-refractivity contribution in [2.24, 2.45) is 5.92 Å². The van der Waals surface area contributed by atoms with Gasteiger partial charge in [0.25, 0.3) is 5.56 Å². The van der Waals surface area contributed by atoms with Crippen LogP contribution in [0.15, 0.2) is 52.2 Å². The highest BCUT2D eigenvalue weighted by Crippen LogP contribution is 2.46. The van der Waals surface area contributed by atoms with Crippen LogP contribution >= 0.6 is 0 Å². The van der Waals surface area contributed by atoms with E-state index in [1.54, 1.807) is 13.8 Å². The largest absolute Gasteiger partial charge is 0.390 e. The summed E-state index contributed by atoms with van der Waals surface area (Å²) in [6.45, 7) is 4.26. The maximum absolute atomic E-state index is 12.3. The molecule has 0 amide bonds. The predicted molar refractivity (Wildman–Crippen MR) is 99.8 cm³/mol. The topological polar surface area (TPSA) is 103 Å². The first-order chi connectivity index (χ1) is 13.4. The monoisotopic (exact) mass is 388 g/mol. The van der Waals surface area contributed by atoms with Crippen molar-refractivity contribution in [2.75, 3.05) is 6.61 Å². The minimum absolute atomic E-state index is 0.255. The zero-order valence-electron chi connectivity index (χ0n) is 15.8. The molecular weight excluding hydrogens is 364 g/mol. The van der Waals surface area contributed by atoms with Gasteiger partial charge in [-0.1, -0.05) is 30.3 Å². The Bertz CT molecular complexity index is 937. The summed E-state index contributed by atoms with van der Waals surface area (Å²) in [4.78, 5) is 25.9. The van der Waals surface area contributed by atoms with Crippen molar-refractivity contribution in [1.82, 2.24) is 9.55 Å². The molecule has 1 aliphatic heterocycles. The Kier molecular flexibility index (Phi) is 4.96. The smallest absolute Gasteiger partial charge is 0.328 e. The molecule has 2 fully saturated rings. The molecule has 8 nitrogen and oxygen atoms in total. The Morgan fingerprint density at radius 2 is 1.86 bits per heavy atom. The third kappa shape index (κ3) is 3.56. The highest BCUT2D eigenvalue weighted by Gasteiger charge is 2.59. The Balaban J connectivity index is 1.56. The van der Waals surface area contributed by atoms with E-state index in [4.69, 9.17) is 14.2 Å². The summed E-state index contributed by atoms with van der Waals surface area (Å²) < 4.78 is 19.2. The zero-order valence-corrected chi connectivity index (χ0v) is 15.8. The van der Waals surface area contributed by atoms with Gasteiger partial charge >= 0.3 is 5.69 Å². The van der Waals surface area contributed by atoms with Crippen molar-refractivity contribution in [3.8, 4) is 0 Å². The molecular formula is C20H24N2O6. The van der Waals surface area contributed by atoms with Crippen LogP contribution in [0, 0.1) is 5.92 Å². The summed E-state index contributed by atoms with van der Waals surface area (Å²) in [5.74, 6) is -1.21. The minimum Gasteiger partial charge on any atom is -0.390 e. The molecule has 1 saturated carbocycles. The molecule has 2 aliphatic rings. The number of nitrogens with one attached hydrogen (secondary N) is 1. The highest BCUT2D eigenvalue weighted by atomic mass is 16.8. The van der Waals surface area contributed by atoms with Crippen LogP contribution in [0.1, 0.15) is 25.5 Å². The lowest BCUT2D eigenvalue weighted by Gasteiger charge is -2.28. The molecule has 0 spiro atoms. The number of rotatable bonds is 5. The van der Waals surface area contributed by atoms with Crippen LogP contribution in [0.3, 0.4) is 0 Å². The van der Waals surface area contributed by atoms with Crippen molar-refractivity contribution in [3.63, 3.8) is 0 Å². The summed E-state index contributed by atoms with van der Waals surface area (Å²) >= 11 is 0. The number of aliphatic hydroxyl groups excluding tert-OH is 1. The Morgan fingerprint density at radius 1 is 1.14 bits per heavy atom. The molecule has 2 N–H and O–H groups in total. The van der Waals surface area contributed by atoms with Crippen molar-refractivity contribution in [3.05, 3.63) is 69.0 Å². The lowest BCUT2D eigenvalue weighted by Crippen LogP contribution is -2.41. The Morgan fingerprint density at radius 3 is 2.57 bits per heavy atom. The minimum atomic E-state index is -0.925. The van der Waals surface area contributed by atoms with Crippen LogP contribution in [0.5, 0.6) is 0 Å². The van der Waals surface area contributed by atoms with E-state index < -0.39 is 41.4 Å². The fraction of sp³-hybridized carbons (Fsp3) is 0.500. The number of benzene rings is 1. The van der Waals surface area contributed by atoms with Crippen molar-refractivity contribution >= 4 is 0 Å². The third-order valence-electron chi connectivity index (χ3n) is 5.30. The van der Waals surface area contributed by atoms with Crippen LogP contribution < -0.4 is 11.2 Å². The molecule has 5 atom stereocenters. The second-order valence-electron chi connectivity index (χ2n) is 7.73. The van der Waals surface area contributed by atoms with Crippen LogP contribution in [0.4, 0.5) is 0 Å². The van der Waals surface area contributed by atoms with E-state index in [-0.39, 0.29) is 12.5 Å². The number of aliphatic hydroxyl groups is 1. The Labute approximate surface area is 161 Å². The number of hydrogen-bond acceptors (Lipinski definition) is 6. The molecule has 1 aromatic carbocycles. The first kappa shape index (κ1) is 19.1. The SMILES string of the molecule is CC1(C)OC2C(COCc3ccccc3)C(O)C(n3ccc(=O)[nH]c3=O)C2O1. The van der Waals surface area contributed by atoms with Gasteiger partial charge in [-0.3, -0.25) is 14.3 Å². The fourth-order valence-corrected chi connectivity index (χ4v) is 4.12. The van der Waals surface area contributed by atoms with Gasteiger partial charge in [0.15, 0.2) is 5.79 Å². The molecule has 150 valence electrons. The summed E-state index contributed by atoms with van der Waals surface area (Å²) in [7, 11) is 0. The summed E-state index contributed by atoms with van der Waals surface area (Å²) in [6.07, 6.45) is -0.498. The number of aromatic amines is 1. The lowest BCUT2D eigenvalue weighted by atomic mass is 10.0. The average Bonchev–Trinajstić information content (AvgIpc) is 3.07. The Hall–Kier alpha value is -2.26. The van der Waals surface area contributed by atoms with Gasteiger partial charge in [0, 0.05) is 18.2 Å². The number of H-pyrrole nitrogens is 1. The molecule has 0 bridgehead atoms. The summed E-state index contributed by atoms with van der Waals surface area (Å²) in [5, 5.41) is 11.0. The van der Waals surface area contributed by atoms with Crippen LogP contribution in [0.25, 0.3) is 0 Å². The van der Waals surface area contributed by atoms with Crippen LogP contribution in [0.2, 0.25) is 0 Å². The van der Waals surface area contributed by atoms with Gasteiger partial charge in [0.2, 0.25) is 0 Å². The first-order valence-electron chi connectivity index (χ1n) is 9.32. The number of hydrogen-bond donors (Lipinski definition) is 2. The van der Waals surface area contributed by atoms with E-state index in [9.17, 15) is 14.7 Å². The van der Waals surface area contributed by atoms with Crippen LogP contribution in [-0.2, 0) is 20.8 Å². The van der Waals surface area contributed by atoms with Gasteiger partial charge in [-0.05, 0) is 19.4 Å². The molecule has 1 aliphatic carbocycles. The quantitative estimate of drug-likeness (QED) is 0.786. The first-order valence-corrected chi connectivity index (χ1v) is 9.32. The van der Waals surface area contributed by atoms with Gasteiger partial charge in [-0.15, -0.1) is 0 Å². The molecule has 5 unspecified atom stereocenters. The maximum atomic E-state index is 12.3. The fourth-order valence-electron chi connectivity index (χ4n) is 4.12. The molecule has 2 aromatic rings. The van der Waals surface area contributed by atoms with Gasteiger partial charge in [-0.2, -0.15) is 0 Å². The van der Waals surface area contributed by atoms with E-state index in [0.29, 0.717) is 6.61 Å². The van der Waals surface area contributed by atoms with E-state index in [1.807, 2.05) is 30.3 Å². The summed E-state index contributed by atoms with van der Waals surface area (Å²) in [5.41, 5.74) is -0.0460. The molecule has 0 radical (unpaired) electrons.